The van der Waals surface area contributed by atoms with E-state index in [0.717, 1.165) is 17.5 Å². The summed E-state index contributed by atoms with van der Waals surface area (Å²) >= 11 is 1.16. The molecule has 2 aromatic heterocycles. The number of carboxylic acid groups (broad SMARTS) is 1. The Kier molecular flexibility index (Phi) is 2.91. The Labute approximate surface area is 95.5 Å². The summed E-state index contributed by atoms with van der Waals surface area (Å²) in [6, 6.07) is 1.69. The van der Waals surface area contributed by atoms with Gasteiger partial charge in [-0.1, -0.05) is 0 Å². The minimum Gasteiger partial charge on any atom is -0.478 e. The molecule has 2 heterocycles. The highest BCUT2D eigenvalue weighted by atomic mass is 32.2. The molecule has 0 fully saturated rings. The van der Waals surface area contributed by atoms with Crippen LogP contribution in [0.5, 0.6) is 0 Å². The van der Waals surface area contributed by atoms with E-state index in [1.807, 2.05) is 0 Å². The lowest BCUT2D eigenvalue weighted by Crippen LogP contribution is -2.00. The van der Waals surface area contributed by atoms with Crippen molar-refractivity contribution in [2.24, 2.45) is 0 Å². The van der Waals surface area contributed by atoms with Gasteiger partial charge in [-0.2, -0.15) is 0 Å². The second-order valence-electron chi connectivity index (χ2n) is 3.03. The number of carbonyl (C=O) groups is 1. The average Bonchev–Trinajstić information content (AvgIpc) is 2.70. The van der Waals surface area contributed by atoms with Crippen LogP contribution in [0.15, 0.2) is 39.3 Å². The van der Waals surface area contributed by atoms with Crippen molar-refractivity contribution in [2.45, 2.75) is 17.0 Å². The number of hydrogen-bond donors (Lipinski definition) is 1. The van der Waals surface area contributed by atoms with Crippen molar-refractivity contribution in [1.29, 1.82) is 0 Å². The number of hydrogen-bond acceptors (Lipinski definition) is 5. The first-order valence-corrected chi connectivity index (χ1v) is 5.26. The zero-order chi connectivity index (χ0) is 11.5. The van der Waals surface area contributed by atoms with Gasteiger partial charge < -0.3 is 9.52 Å². The van der Waals surface area contributed by atoms with E-state index in [1.165, 1.54) is 18.7 Å². The first-order chi connectivity index (χ1) is 7.66. The summed E-state index contributed by atoms with van der Waals surface area (Å²) in [5.41, 5.74) is 0.896. The standard InChI is InChI=1S/C10H8N2O3S/c1-6-4-8(7(5-12-6)9(13)14)16-10-11-2-3-15-10/h2-5H,1H3,(H,13,14). The predicted molar refractivity (Wildman–Crippen MR) is 56.6 cm³/mol. The normalized spacial score (nSPS) is 10.3. The van der Waals surface area contributed by atoms with Crippen molar-refractivity contribution < 1.29 is 14.3 Å². The summed E-state index contributed by atoms with van der Waals surface area (Å²) in [6.45, 7) is 1.80. The van der Waals surface area contributed by atoms with Crippen LogP contribution in [0.1, 0.15) is 16.1 Å². The van der Waals surface area contributed by atoms with E-state index in [2.05, 4.69) is 9.97 Å². The molecule has 0 aliphatic heterocycles. The molecule has 82 valence electrons. The van der Waals surface area contributed by atoms with Gasteiger partial charge in [0.15, 0.2) is 0 Å². The first-order valence-electron chi connectivity index (χ1n) is 4.44. The van der Waals surface area contributed by atoms with Gasteiger partial charge in [-0.15, -0.1) is 0 Å². The van der Waals surface area contributed by atoms with Gasteiger partial charge in [-0.25, -0.2) is 9.78 Å². The van der Waals surface area contributed by atoms with Crippen LogP contribution < -0.4 is 0 Å². The monoisotopic (exact) mass is 236 g/mol. The SMILES string of the molecule is Cc1cc(Sc2ncco2)c(C(=O)O)cn1. The van der Waals surface area contributed by atoms with Crippen molar-refractivity contribution >= 4 is 17.7 Å². The van der Waals surface area contributed by atoms with Gasteiger partial charge in [0, 0.05) is 16.8 Å². The lowest BCUT2D eigenvalue weighted by Gasteiger charge is -2.03. The molecule has 0 aliphatic carbocycles. The number of carboxylic acids is 1. The number of oxazole rings is 1. The summed E-state index contributed by atoms with van der Waals surface area (Å²) in [4.78, 5) is 19.4. The molecule has 2 aromatic rings. The van der Waals surface area contributed by atoms with Gasteiger partial charge in [0.1, 0.15) is 6.26 Å². The summed E-state index contributed by atoms with van der Waals surface area (Å²) in [5.74, 6) is -1.01. The van der Waals surface area contributed by atoms with E-state index in [9.17, 15) is 4.79 Å². The molecule has 0 aliphatic rings. The summed E-state index contributed by atoms with van der Waals surface area (Å²) in [6.07, 6.45) is 4.29. The lowest BCUT2D eigenvalue weighted by molar-refractivity contribution is 0.0692. The van der Waals surface area contributed by atoms with Gasteiger partial charge in [0.25, 0.3) is 5.22 Å². The van der Waals surface area contributed by atoms with Gasteiger partial charge in [0.05, 0.1) is 11.8 Å². The van der Waals surface area contributed by atoms with E-state index in [1.54, 1.807) is 13.0 Å². The van der Waals surface area contributed by atoms with Gasteiger partial charge in [0.2, 0.25) is 0 Å². The fourth-order valence-corrected chi connectivity index (χ4v) is 2.02. The fourth-order valence-electron chi connectivity index (χ4n) is 1.13. The number of nitrogens with zero attached hydrogens (tertiary/aromatic N) is 2. The molecule has 0 radical (unpaired) electrons. The molecule has 0 saturated heterocycles. The van der Waals surface area contributed by atoms with Crippen LogP contribution in [0.4, 0.5) is 0 Å². The summed E-state index contributed by atoms with van der Waals surface area (Å²) in [5, 5.41) is 9.39. The highest BCUT2D eigenvalue weighted by molar-refractivity contribution is 7.99. The van der Waals surface area contributed by atoms with Gasteiger partial charge in [-0.05, 0) is 24.8 Å². The van der Waals surface area contributed by atoms with Crippen LogP contribution >= 0.6 is 11.8 Å². The second kappa shape index (κ2) is 4.36. The molecule has 0 spiro atoms. The molecule has 5 nitrogen and oxygen atoms in total. The molecular formula is C10H8N2O3S. The number of aromatic carboxylic acids is 1. The summed E-state index contributed by atoms with van der Waals surface area (Å²) in [7, 11) is 0. The molecule has 0 unspecified atom stereocenters. The molecule has 0 saturated carbocycles. The van der Waals surface area contributed by atoms with E-state index < -0.39 is 5.97 Å². The predicted octanol–water partition coefficient (Wildman–Crippen LogP) is 2.23. The average molecular weight is 236 g/mol. The van der Waals surface area contributed by atoms with E-state index in [0.29, 0.717) is 10.1 Å². The highest BCUT2D eigenvalue weighted by Gasteiger charge is 2.13. The largest absolute Gasteiger partial charge is 0.478 e. The van der Waals surface area contributed by atoms with E-state index >= 15 is 0 Å². The molecule has 6 heteroatoms. The first kappa shape index (κ1) is 10.7. The second-order valence-corrected chi connectivity index (χ2v) is 4.02. The maximum atomic E-state index is 11.0. The maximum Gasteiger partial charge on any atom is 0.338 e. The Morgan fingerprint density at radius 3 is 2.94 bits per heavy atom. The zero-order valence-electron chi connectivity index (χ0n) is 8.38. The van der Waals surface area contributed by atoms with Crippen LogP contribution in [0.25, 0.3) is 0 Å². The topological polar surface area (TPSA) is 76.2 Å². The van der Waals surface area contributed by atoms with Crippen molar-refractivity contribution in [1.82, 2.24) is 9.97 Å². The number of rotatable bonds is 3. The molecule has 0 atom stereocenters. The number of aryl methyl sites for hydroxylation is 1. The Balaban J connectivity index is 2.38. The lowest BCUT2D eigenvalue weighted by atomic mass is 10.2. The Bertz CT molecular complexity index is 511. The fraction of sp³-hybridized carbons (Fsp3) is 0.100. The third-order valence-electron chi connectivity index (χ3n) is 1.84. The third-order valence-corrected chi connectivity index (χ3v) is 2.77. The molecule has 0 aromatic carbocycles. The zero-order valence-corrected chi connectivity index (χ0v) is 9.19. The minimum absolute atomic E-state index is 0.147. The van der Waals surface area contributed by atoms with Crippen molar-refractivity contribution in [2.75, 3.05) is 0 Å². The van der Waals surface area contributed by atoms with E-state index in [4.69, 9.17) is 9.52 Å². The molecule has 16 heavy (non-hydrogen) atoms. The molecule has 0 bridgehead atoms. The Morgan fingerprint density at radius 1 is 1.50 bits per heavy atom. The van der Waals surface area contributed by atoms with Crippen LogP contribution in [0.2, 0.25) is 0 Å². The maximum absolute atomic E-state index is 11.0. The Hall–Kier alpha value is -1.82. The number of aromatic nitrogens is 2. The minimum atomic E-state index is -1.01. The van der Waals surface area contributed by atoms with Crippen LogP contribution in [0, 0.1) is 6.92 Å². The van der Waals surface area contributed by atoms with Crippen molar-refractivity contribution in [3.8, 4) is 0 Å². The highest BCUT2D eigenvalue weighted by Crippen LogP contribution is 2.29. The number of pyridine rings is 1. The molecule has 0 amide bonds. The van der Waals surface area contributed by atoms with Gasteiger partial charge in [-0.3, -0.25) is 4.98 Å². The molecule has 1 N–H and O–H groups in total. The Morgan fingerprint density at radius 2 is 2.31 bits per heavy atom. The quantitative estimate of drug-likeness (QED) is 0.880. The molecule has 2 rings (SSSR count). The van der Waals surface area contributed by atoms with Crippen molar-refractivity contribution in [3.63, 3.8) is 0 Å². The van der Waals surface area contributed by atoms with Crippen LogP contribution in [0.3, 0.4) is 0 Å². The van der Waals surface area contributed by atoms with Crippen LogP contribution in [-0.2, 0) is 0 Å². The van der Waals surface area contributed by atoms with E-state index in [-0.39, 0.29) is 5.56 Å². The van der Waals surface area contributed by atoms with Gasteiger partial charge >= 0.3 is 5.97 Å². The van der Waals surface area contributed by atoms with Crippen LogP contribution in [-0.4, -0.2) is 21.0 Å². The van der Waals surface area contributed by atoms with Crippen molar-refractivity contribution in [3.05, 3.63) is 36.0 Å². The summed E-state index contributed by atoms with van der Waals surface area (Å²) < 4.78 is 5.05. The molecular weight excluding hydrogens is 228 g/mol. The smallest absolute Gasteiger partial charge is 0.338 e. The third kappa shape index (κ3) is 2.22.